The number of rotatable bonds is 7. The number of nitrogens with one attached hydrogen (secondary N) is 1. The van der Waals surface area contributed by atoms with Crippen molar-refractivity contribution in [2.24, 2.45) is 0 Å². The fraction of sp³-hybridized carbons (Fsp3) is 0.286. The second-order valence-electron chi connectivity index (χ2n) is 9.29. The molecule has 8 heteroatoms. The maximum absolute atomic E-state index is 13.6. The van der Waals surface area contributed by atoms with E-state index in [0.717, 1.165) is 38.7 Å². The van der Waals surface area contributed by atoms with Crippen LogP contribution in [0.25, 0.3) is 0 Å². The van der Waals surface area contributed by atoms with Gasteiger partial charge in [-0.05, 0) is 87.2 Å². The molecule has 4 rings (SSSR count). The van der Waals surface area contributed by atoms with Gasteiger partial charge in [0.2, 0.25) is 11.8 Å². The molecule has 1 fully saturated rings. The zero-order chi connectivity index (χ0) is 26.0. The maximum atomic E-state index is 13.6. The summed E-state index contributed by atoms with van der Waals surface area (Å²) < 4.78 is 28.4. The van der Waals surface area contributed by atoms with Gasteiger partial charge in [0.15, 0.2) is 0 Å². The molecule has 1 heterocycles. The van der Waals surface area contributed by atoms with E-state index in [9.17, 15) is 18.0 Å². The molecule has 188 valence electrons. The van der Waals surface area contributed by atoms with Crippen LogP contribution in [0.15, 0.2) is 65.6 Å². The van der Waals surface area contributed by atoms with Gasteiger partial charge in [-0.3, -0.25) is 13.9 Å². The van der Waals surface area contributed by atoms with Crippen LogP contribution in [0.4, 0.5) is 17.1 Å². The Kier molecular flexibility index (Phi) is 7.17. The highest BCUT2D eigenvalue weighted by atomic mass is 32.2. The third-order valence-corrected chi connectivity index (χ3v) is 8.32. The number of carbonyl (C=O) groups excluding carboxylic acids is 2. The Bertz CT molecular complexity index is 1420. The van der Waals surface area contributed by atoms with Gasteiger partial charge in [0, 0.05) is 24.3 Å². The molecule has 2 amide bonds. The van der Waals surface area contributed by atoms with Crippen molar-refractivity contribution in [1.82, 2.24) is 0 Å². The summed E-state index contributed by atoms with van der Waals surface area (Å²) in [5, 5.41) is 2.82. The third kappa shape index (κ3) is 5.28. The van der Waals surface area contributed by atoms with Crippen molar-refractivity contribution >= 4 is 38.9 Å². The van der Waals surface area contributed by atoms with E-state index in [1.807, 2.05) is 39.8 Å². The molecule has 0 aliphatic carbocycles. The fourth-order valence-corrected chi connectivity index (χ4v) is 5.66. The van der Waals surface area contributed by atoms with Crippen molar-refractivity contribution in [3.8, 4) is 0 Å². The van der Waals surface area contributed by atoms with Gasteiger partial charge in [0.05, 0.1) is 10.6 Å². The molecule has 0 unspecified atom stereocenters. The number of benzene rings is 3. The van der Waals surface area contributed by atoms with Gasteiger partial charge >= 0.3 is 0 Å². The molecule has 0 saturated carbocycles. The number of anilines is 3. The Hall–Kier alpha value is -3.65. The van der Waals surface area contributed by atoms with E-state index in [1.54, 1.807) is 53.4 Å². The predicted octanol–water partition coefficient (Wildman–Crippen LogP) is 4.88. The van der Waals surface area contributed by atoms with Crippen LogP contribution in [-0.4, -0.2) is 33.3 Å². The second kappa shape index (κ2) is 10.1. The van der Waals surface area contributed by atoms with Gasteiger partial charge in [-0.25, -0.2) is 8.42 Å². The van der Waals surface area contributed by atoms with Crippen molar-refractivity contribution in [3.63, 3.8) is 0 Å². The van der Waals surface area contributed by atoms with Crippen LogP contribution in [0.3, 0.4) is 0 Å². The molecule has 3 aromatic carbocycles. The number of hydrogen-bond donors (Lipinski definition) is 1. The first kappa shape index (κ1) is 25.4. The Labute approximate surface area is 212 Å². The number of nitrogens with zero attached hydrogens (tertiary/aromatic N) is 2. The van der Waals surface area contributed by atoms with Gasteiger partial charge in [0.25, 0.3) is 10.0 Å². The summed E-state index contributed by atoms with van der Waals surface area (Å²) >= 11 is 0. The van der Waals surface area contributed by atoms with Gasteiger partial charge in [-0.1, -0.05) is 29.8 Å². The Balaban J connectivity index is 1.64. The summed E-state index contributed by atoms with van der Waals surface area (Å²) in [6, 6.07) is 17.3. The van der Waals surface area contributed by atoms with Crippen molar-refractivity contribution in [3.05, 3.63) is 82.9 Å². The minimum atomic E-state index is -4.00. The van der Waals surface area contributed by atoms with Crippen LogP contribution in [0.5, 0.6) is 0 Å². The molecule has 7 nitrogen and oxygen atoms in total. The number of sulfonamides is 1. The molecule has 0 aromatic heterocycles. The van der Waals surface area contributed by atoms with Crippen LogP contribution in [0.2, 0.25) is 0 Å². The summed E-state index contributed by atoms with van der Waals surface area (Å²) in [6.45, 7) is 7.91. The first-order valence-electron chi connectivity index (χ1n) is 11.9. The molecule has 1 N–H and O–H groups in total. The zero-order valence-corrected chi connectivity index (χ0v) is 21.9. The number of aryl methyl sites for hydroxylation is 4. The lowest BCUT2D eigenvalue weighted by atomic mass is 10.1. The number of amides is 2. The Morgan fingerprint density at radius 2 is 1.61 bits per heavy atom. The maximum Gasteiger partial charge on any atom is 0.264 e. The lowest BCUT2D eigenvalue weighted by molar-refractivity contribution is -0.117. The van der Waals surface area contributed by atoms with Crippen LogP contribution >= 0.6 is 0 Å². The van der Waals surface area contributed by atoms with E-state index in [0.29, 0.717) is 24.3 Å². The van der Waals surface area contributed by atoms with Crippen LogP contribution in [0.1, 0.15) is 35.1 Å². The topological polar surface area (TPSA) is 86.8 Å². The average molecular weight is 506 g/mol. The largest absolute Gasteiger partial charge is 0.324 e. The van der Waals surface area contributed by atoms with Crippen LogP contribution in [-0.2, 0) is 19.6 Å². The molecule has 1 aliphatic heterocycles. The van der Waals surface area contributed by atoms with Gasteiger partial charge < -0.3 is 10.2 Å². The molecule has 3 aromatic rings. The average Bonchev–Trinajstić information content (AvgIpc) is 3.26. The highest BCUT2D eigenvalue weighted by Gasteiger charge is 2.28. The van der Waals surface area contributed by atoms with Crippen molar-refractivity contribution in [1.29, 1.82) is 0 Å². The highest BCUT2D eigenvalue weighted by molar-refractivity contribution is 7.92. The molecule has 36 heavy (non-hydrogen) atoms. The van der Waals surface area contributed by atoms with Crippen molar-refractivity contribution < 1.29 is 18.0 Å². The SMILES string of the molecule is Cc1ccc(S(=O)(=O)N(CC(=O)Nc2ccc(C)c(N3CCCC3=O)c2)c2ccc(C)c(C)c2)cc1. The van der Waals surface area contributed by atoms with Gasteiger partial charge in [0.1, 0.15) is 6.54 Å². The Morgan fingerprint density at radius 3 is 2.25 bits per heavy atom. The molecule has 0 atom stereocenters. The lowest BCUT2D eigenvalue weighted by Crippen LogP contribution is -2.38. The smallest absolute Gasteiger partial charge is 0.264 e. The van der Waals surface area contributed by atoms with Crippen molar-refractivity contribution in [2.75, 3.05) is 27.6 Å². The van der Waals surface area contributed by atoms with Crippen LogP contribution < -0.4 is 14.5 Å². The van der Waals surface area contributed by atoms with E-state index in [2.05, 4.69) is 5.32 Å². The minimum Gasteiger partial charge on any atom is -0.324 e. The first-order chi connectivity index (χ1) is 17.1. The Morgan fingerprint density at radius 1 is 0.917 bits per heavy atom. The molecule has 0 bridgehead atoms. The van der Waals surface area contributed by atoms with E-state index < -0.39 is 22.5 Å². The van der Waals surface area contributed by atoms with E-state index in [4.69, 9.17) is 0 Å². The van der Waals surface area contributed by atoms with E-state index in [-0.39, 0.29) is 10.8 Å². The highest BCUT2D eigenvalue weighted by Crippen LogP contribution is 2.29. The zero-order valence-electron chi connectivity index (χ0n) is 21.0. The number of hydrogen-bond acceptors (Lipinski definition) is 4. The summed E-state index contributed by atoms with van der Waals surface area (Å²) in [5.74, 6) is -0.418. The van der Waals surface area contributed by atoms with Crippen molar-refractivity contribution in [2.45, 2.75) is 45.4 Å². The number of carbonyl (C=O) groups is 2. The minimum absolute atomic E-state index is 0.0617. The fourth-order valence-electron chi connectivity index (χ4n) is 4.24. The van der Waals surface area contributed by atoms with Gasteiger partial charge in [-0.2, -0.15) is 0 Å². The first-order valence-corrected chi connectivity index (χ1v) is 13.4. The van der Waals surface area contributed by atoms with E-state index >= 15 is 0 Å². The van der Waals surface area contributed by atoms with E-state index in [1.165, 1.54) is 0 Å². The molecular formula is C28H31N3O4S. The molecule has 1 aliphatic rings. The summed E-state index contributed by atoms with van der Waals surface area (Å²) in [6.07, 6.45) is 1.31. The lowest BCUT2D eigenvalue weighted by Gasteiger charge is -2.25. The second-order valence-corrected chi connectivity index (χ2v) is 11.2. The standard InChI is InChI=1S/C28H31N3O4S/c1-19-7-13-25(14-8-19)36(34,35)31(24-12-10-20(2)22(4)16-24)18-27(32)29-23-11-9-21(3)26(17-23)30-15-5-6-28(30)33/h7-14,16-17H,5-6,15,18H2,1-4H3,(H,29,32). The summed E-state index contributed by atoms with van der Waals surface area (Å²) in [7, 11) is -4.00. The van der Waals surface area contributed by atoms with Crippen LogP contribution in [0, 0.1) is 27.7 Å². The molecule has 0 radical (unpaired) electrons. The normalized spacial score (nSPS) is 13.7. The quantitative estimate of drug-likeness (QED) is 0.496. The summed E-state index contributed by atoms with van der Waals surface area (Å²) in [5.41, 5.74) is 5.51. The monoisotopic (exact) mass is 505 g/mol. The molecular weight excluding hydrogens is 474 g/mol. The summed E-state index contributed by atoms with van der Waals surface area (Å²) in [4.78, 5) is 27.3. The van der Waals surface area contributed by atoms with Gasteiger partial charge in [-0.15, -0.1) is 0 Å². The third-order valence-electron chi connectivity index (χ3n) is 6.53. The molecule has 1 saturated heterocycles. The molecule has 0 spiro atoms. The predicted molar refractivity (Wildman–Crippen MR) is 143 cm³/mol.